The van der Waals surface area contributed by atoms with Gasteiger partial charge in [0, 0.05) is 24.0 Å². The monoisotopic (exact) mass is 358 g/mol. The van der Waals surface area contributed by atoms with Gasteiger partial charge in [0.25, 0.3) is 0 Å². The van der Waals surface area contributed by atoms with Gasteiger partial charge in [-0.1, -0.05) is 24.4 Å². The van der Waals surface area contributed by atoms with Crippen molar-refractivity contribution in [3.8, 4) is 11.3 Å². The summed E-state index contributed by atoms with van der Waals surface area (Å²) in [5.74, 6) is -1.06. The van der Waals surface area contributed by atoms with Gasteiger partial charge in [0.1, 0.15) is 11.3 Å². The molecule has 0 spiro atoms. The molecular weight excluding hydrogens is 336 g/mol. The van der Waals surface area contributed by atoms with Crippen molar-refractivity contribution in [2.45, 2.75) is 51.1 Å². The van der Waals surface area contributed by atoms with Gasteiger partial charge in [-0.05, 0) is 31.9 Å². The SMILES string of the molecule is CC(NC(=O)NC1CCCCC1)c1onc(-c2cccnc2)c1C(=O)O. The van der Waals surface area contributed by atoms with Gasteiger partial charge in [0.2, 0.25) is 0 Å². The third-order valence-corrected chi connectivity index (χ3v) is 4.55. The fourth-order valence-corrected chi connectivity index (χ4v) is 3.24. The molecule has 0 radical (unpaired) electrons. The highest BCUT2D eigenvalue weighted by atomic mass is 16.5. The van der Waals surface area contributed by atoms with E-state index in [2.05, 4.69) is 20.8 Å². The number of carbonyl (C=O) groups excluding carboxylic acids is 1. The Labute approximate surface area is 151 Å². The Morgan fingerprint density at radius 2 is 2.08 bits per heavy atom. The number of hydrogen-bond acceptors (Lipinski definition) is 5. The number of rotatable bonds is 5. The maximum Gasteiger partial charge on any atom is 0.341 e. The lowest BCUT2D eigenvalue weighted by Gasteiger charge is -2.23. The third-order valence-electron chi connectivity index (χ3n) is 4.55. The van der Waals surface area contributed by atoms with E-state index in [-0.39, 0.29) is 29.1 Å². The summed E-state index contributed by atoms with van der Waals surface area (Å²) in [5, 5.41) is 19.2. The van der Waals surface area contributed by atoms with Crippen LogP contribution in [0, 0.1) is 0 Å². The molecule has 2 aromatic heterocycles. The molecule has 8 heteroatoms. The summed E-state index contributed by atoms with van der Waals surface area (Å²) >= 11 is 0. The third kappa shape index (κ3) is 4.01. The van der Waals surface area contributed by atoms with Gasteiger partial charge in [-0.25, -0.2) is 9.59 Å². The molecule has 0 aromatic carbocycles. The van der Waals surface area contributed by atoms with Crippen molar-refractivity contribution in [2.75, 3.05) is 0 Å². The van der Waals surface area contributed by atoms with Crippen LogP contribution in [0.15, 0.2) is 29.0 Å². The lowest BCUT2D eigenvalue weighted by molar-refractivity contribution is 0.0693. The van der Waals surface area contributed by atoms with Crippen molar-refractivity contribution in [3.05, 3.63) is 35.9 Å². The number of carboxylic acids is 1. The molecule has 0 bridgehead atoms. The molecule has 26 heavy (non-hydrogen) atoms. The number of pyridine rings is 1. The number of carboxylic acid groups (broad SMARTS) is 1. The fourth-order valence-electron chi connectivity index (χ4n) is 3.24. The maximum absolute atomic E-state index is 12.2. The van der Waals surface area contributed by atoms with E-state index in [0.717, 1.165) is 25.7 Å². The lowest BCUT2D eigenvalue weighted by Crippen LogP contribution is -2.43. The number of aromatic nitrogens is 2. The second kappa shape index (κ2) is 7.99. The molecule has 0 aliphatic heterocycles. The van der Waals surface area contributed by atoms with Gasteiger partial charge < -0.3 is 20.3 Å². The van der Waals surface area contributed by atoms with E-state index in [1.165, 1.54) is 12.6 Å². The van der Waals surface area contributed by atoms with Gasteiger partial charge >= 0.3 is 12.0 Å². The van der Waals surface area contributed by atoms with Gasteiger partial charge in [0.15, 0.2) is 5.76 Å². The van der Waals surface area contributed by atoms with Crippen LogP contribution in [-0.2, 0) is 0 Å². The van der Waals surface area contributed by atoms with Crippen LogP contribution in [0.4, 0.5) is 4.79 Å². The van der Waals surface area contributed by atoms with Crippen molar-refractivity contribution in [1.29, 1.82) is 0 Å². The number of hydrogen-bond donors (Lipinski definition) is 3. The predicted octanol–water partition coefficient (Wildman–Crippen LogP) is 3.13. The van der Waals surface area contributed by atoms with Gasteiger partial charge in [-0.2, -0.15) is 0 Å². The second-order valence-corrected chi connectivity index (χ2v) is 6.49. The molecule has 2 amide bonds. The minimum Gasteiger partial charge on any atom is -0.477 e. The van der Waals surface area contributed by atoms with Crippen LogP contribution in [0.5, 0.6) is 0 Å². The van der Waals surface area contributed by atoms with Crippen LogP contribution in [-0.4, -0.2) is 33.3 Å². The van der Waals surface area contributed by atoms with Gasteiger partial charge in [0.05, 0.1) is 6.04 Å². The minimum atomic E-state index is -1.17. The Bertz CT molecular complexity index is 769. The van der Waals surface area contributed by atoms with Crippen molar-refractivity contribution in [1.82, 2.24) is 20.8 Å². The molecule has 1 aliphatic rings. The van der Waals surface area contributed by atoms with E-state index in [0.29, 0.717) is 5.56 Å². The Hall–Kier alpha value is -2.90. The van der Waals surface area contributed by atoms with Crippen LogP contribution in [0.1, 0.15) is 61.2 Å². The summed E-state index contributed by atoms with van der Waals surface area (Å²) in [7, 11) is 0. The first-order chi connectivity index (χ1) is 12.6. The molecule has 1 fully saturated rings. The van der Waals surface area contributed by atoms with Crippen LogP contribution >= 0.6 is 0 Å². The van der Waals surface area contributed by atoms with Gasteiger partial charge in [-0.3, -0.25) is 4.98 Å². The largest absolute Gasteiger partial charge is 0.477 e. The molecule has 3 rings (SSSR count). The number of nitrogens with zero attached hydrogens (tertiary/aromatic N) is 2. The molecule has 1 saturated carbocycles. The number of amides is 2. The quantitative estimate of drug-likeness (QED) is 0.756. The number of nitrogens with one attached hydrogen (secondary N) is 2. The van der Waals surface area contributed by atoms with E-state index < -0.39 is 12.0 Å². The van der Waals surface area contributed by atoms with E-state index in [1.54, 1.807) is 25.3 Å². The summed E-state index contributed by atoms with van der Waals surface area (Å²) < 4.78 is 5.26. The Kier molecular flexibility index (Phi) is 5.50. The topological polar surface area (TPSA) is 117 Å². The van der Waals surface area contributed by atoms with Crippen molar-refractivity contribution in [3.63, 3.8) is 0 Å². The van der Waals surface area contributed by atoms with E-state index >= 15 is 0 Å². The summed E-state index contributed by atoms with van der Waals surface area (Å²) in [6.45, 7) is 1.67. The van der Waals surface area contributed by atoms with Crippen molar-refractivity contribution >= 4 is 12.0 Å². The molecule has 138 valence electrons. The predicted molar refractivity (Wildman–Crippen MR) is 93.6 cm³/mol. The lowest BCUT2D eigenvalue weighted by atomic mass is 9.96. The Morgan fingerprint density at radius 1 is 1.31 bits per heavy atom. The number of urea groups is 1. The summed E-state index contributed by atoms with van der Waals surface area (Å²) in [6.07, 6.45) is 8.46. The van der Waals surface area contributed by atoms with Crippen LogP contribution in [0.3, 0.4) is 0 Å². The highest BCUT2D eigenvalue weighted by molar-refractivity contribution is 5.96. The summed E-state index contributed by atoms with van der Waals surface area (Å²) in [4.78, 5) is 27.9. The normalized spacial score (nSPS) is 16.0. The van der Waals surface area contributed by atoms with Gasteiger partial charge in [-0.15, -0.1) is 0 Å². The van der Waals surface area contributed by atoms with Crippen molar-refractivity contribution in [2.24, 2.45) is 0 Å². The first kappa shape index (κ1) is 17.9. The van der Waals surface area contributed by atoms with E-state index in [1.807, 2.05) is 0 Å². The molecule has 1 atom stereocenters. The standard InChI is InChI=1S/C18H22N4O4/c1-11(20-18(25)21-13-7-3-2-4-8-13)16-14(17(23)24)15(22-26-16)12-6-5-9-19-10-12/h5-6,9-11,13H,2-4,7-8H2,1H3,(H,23,24)(H2,20,21,25). The van der Waals surface area contributed by atoms with E-state index in [9.17, 15) is 14.7 Å². The summed E-state index contributed by atoms with van der Waals surface area (Å²) in [5.41, 5.74) is 0.671. The smallest absolute Gasteiger partial charge is 0.341 e. The fraction of sp³-hybridized carbons (Fsp3) is 0.444. The average molecular weight is 358 g/mol. The zero-order chi connectivity index (χ0) is 18.5. The van der Waals surface area contributed by atoms with E-state index in [4.69, 9.17) is 4.52 Å². The zero-order valence-electron chi connectivity index (χ0n) is 14.6. The summed E-state index contributed by atoms with van der Waals surface area (Å²) in [6, 6.07) is 2.59. The molecule has 2 heterocycles. The highest BCUT2D eigenvalue weighted by Gasteiger charge is 2.28. The first-order valence-corrected chi connectivity index (χ1v) is 8.76. The zero-order valence-corrected chi connectivity index (χ0v) is 14.6. The Balaban J connectivity index is 1.74. The Morgan fingerprint density at radius 3 is 2.73 bits per heavy atom. The van der Waals surface area contributed by atoms with Crippen LogP contribution in [0.25, 0.3) is 11.3 Å². The van der Waals surface area contributed by atoms with Crippen molar-refractivity contribution < 1.29 is 19.2 Å². The molecule has 3 N–H and O–H groups in total. The molecule has 1 aliphatic carbocycles. The van der Waals surface area contributed by atoms with Crippen LogP contribution in [0.2, 0.25) is 0 Å². The molecule has 2 aromatic rings. The molecule has 1 unspecified atom stereocenters. The van der Waals surface area contributed by atoms with Crippen LogP contribution < -0.4 is 10.6 Å². The highest BCUT2D eigenvalue weighted by Crippen LogP contribution is 2.28. The number of aromatic carboxylic acids is 1. The second-order valence-electron chi connectivity index (χ2n) is 6.49. The average Bonchev–Trinajstić information content (AvgIpc) is 3.08. The first-order valence-electron chi connectivity index (χ1n) is 8.76. The number of carbonyl (C=O) groups is 2. The minimum absolute atomic E-state index is 0.0662. The molecular formula is C18H22N4O4. The molecule has 8 nitrogen and oxygen atoms in total. The molecule has 0 saturated heterocycles. The maximum atomic E-state index is 12.2.